The highest BCUT2D eigenvalue weighted by Gasteiger charge is 2.27. The highest BCUT2D eigenvalue weighted by atomic mass is 79.9. The van der Waals surface area contributed by atoms with Crippen molar-refractivity contribution in [1.82, 2.24) is 4.98 Å². The van der Waals surface area contributed by atoms with Gasteiger partial charge in [-0.3, -0.25) is 0 Å². The lowest BCUT2D eigenvalue weighted by Gasteiger charge is -2.08. The molecule has 0 unspecified atom stereocenters. The van der Waals surface area contributed by atoms with Crippen LogP contribution < -0.4 is 5.14 Å². The summed E-state index contributed by atoms with van der Waals surface area (Å²) in [6.45, 7) is 0. The molecule has 0 saturated heterocycles. The number of pyridine rings is 1. The van der Waals surface area contributed by atoms with Crippen LogP contribution in [0.4, 0.5) is 13.2 Å². The van der Waals surface area contributed by atoms with Gasteiger partial charge in [-0.05, 0) is 15.9 Å². The Hall–Kier alpha value is -0.670. The van der Waals surface area contributed by atoms with E-state index in [0.717, 1.165) is 0 Å². The Morgan fingerprint density at radius 2 is 2.00 bits per heavy atom. The number of rotatable bonds is 2. The van der Waals surface area contributed by atoms with Gasteiger partial charge in [0.2, 0.25) is 0 Å². The zero-order valence-electron chi connectivity index (χ0n) is 6.92. The fourth-order valence-electron chi connectivity index (χ4n) is 0.880. The lowest BCUT2D eigenvalue weighted by molar-refractivity contribution is 0.145. The Morgan fingerprint density at radius 1 is 1.47 bits per heavy atom. The van der Waals surface area contributed by atoms with Crippen molar-refractivity contribution in [1.29, 1.82) is 0 Å². The molecule has 0 aliphatic carbocycles. The van der Waals surface area contributed by atoms with Gasteiger partial charge in [-0.2, -0.15) is 0 Å². The number of alkyl halides is 2. The van der Waals surface area contributed by atoms with Crippen LogP contribution in [-0.2, 0) is 10.0 Å². The molecule has 0 radical (unpaired) electrons. The molecule has 0 atom stereocenters. The molecule has 1 rings (SSSR count). The second kappa shape index (κ2) is 4.06. The first-order chi connectivity index (χ1) is 6.75. The van der Waals surface area contributed by atoms with Gasteiger partial charge < -0.3 is 0 Å². The van der Waals surface area contributed by atoms with Gasteiger partial charge in [0.15, 0.2) is 10.8 Å². The van der Waals surface area contributed by atoms with Crippen molar-refractivity contribution in [3.63, 3.8) is 0 Å². The van der Waals surface area contributed by atoms with Crippen molar-refractivity contribution in [3.8, 4) is 0 Å². The molecule has 0 aliphatic rings. The molecule has 1 aromatic heterocycles. The molecular formula is C6H4BrF3N2O2S. The van der Waals surface area contributed by atoms with Crippen LogP contribution in [-0.4, -0.2) is 13.4 Å². The normalized spacial score (nSPS) is 12.1. The Labute approximate surface area is 91.5 Å². The second-order valence-electron chi connectivity index (χ2n) is 2.48. The maximum absolute atomic E-state index is 12.8. The van der Waals surface area contributed by atoms with Crippen molar-refractivity contribution in [2.45, 2.75) is 11.5 Å². The van der Waals surface area contributed by atoms with E-state index in [-0.39, 0.29) is 0 Å². The van der Waals surface area contributed by atoms with Gasteiger partial charge in [-0.25, -0.2) is 31.7 Å². The van der Waals surface area contributed by atoms with Crippen molar-refractivity contribution in [2.75, 3.05) is 0 Å². The Morgan fingerprint density at radius 3 is 2.40 bits per heavy atom. The minimum Gasteiger partial charge on any atom is -0.240 e. The van der Waals surface area contributed by atoms with Crippen molar-refractivity contribution in [3.05, 3.63) is 22.1 Å². The summed E-state index contributed by atoms with van der Waals surface area (Å²) < 4.78 is 58.8. The van der Waals surface area contributed by atoms with Crippen molar-refractivity contribution >= 4 is 26.0 Å². The van der Waals surface area contributed by atoms with Crippen molar-refractivity contribution < 1.29 is 21.6 Å². The third-order valence-corrected chi connectivity index (χ3v) is 3.13. The minimum absolute atomic E-state index is 0.496. The first kappa shape index (κ1) is 12.4. The predicted molar refractivity (Wildman–Crippen MR) is 48.2 cm³/mol. The largest absolute Gasteiger partial charge is 0.267 e. The number of sulfonamides is 1. The number of nitrogens with two attached hydrogens (primary N) is 1. The van der Waals surface area contributed by atoms with Gasteiger partial charge in [0.1, 0.15) is 0 Å². The maximum atomic E-state index is 12.8. The van der Waals surface area contributed by atoms with E-state index < -0.39 is 37.3 Å². The highest BCUT2D eigenvalue weighted by Crippen LogP contribution is 2.32. The third kappa shape index (κ3) is 2.47. The Kier molecular flexibility index (Phi) is 3.36. The van der Waals surface area contributed by atoms with Crippen LogP contribution in [0.25, 0.3) is 0 Å². The van der Waals surface area contributed by atoms with E-state index >= 15 is 0 Å². The number of aromatic nitrogens is 1. The minimum atomic E-state index is -4.41. The smallest absolute Gasteiger partial charge is 0.240 e. The number of halogens is 4. The summed E-state index contributed by atoms with van der Waals surface area (Å²) in [5.74, 6) is -1.09. The second-order valence-corrected chi connectivity index (χ2v) is 4.75. The van der Waals surface area contributed by atoms with Gasteiger partial charge in [-0.15, -0.1) is 0 Å². The zero-order valence-corrected chi connectivity index (χ0v) is 9.32. The average Bonchev–Trinajstić information content (AvgIpc) is 2.06. The summed E-state index contributed by atoms with van der Waals surface area (Å²) in [4.78, 5) is 3.03. The maximum Gasteiger partial charge on any atom is 0.267 e. The molecule has 0 amide bonds. The molecule has 4 nitrogen and oxygen atoms in total. The summed E-state index contributed by atoms with van der Waals surface area (Å²) in [7, 11) is -4.41. The van der Waals surface area contributed by atoms with E-state index in [1.54, 1.807) is 0 Å². The Bertz CT molecular complexity index is 491. The monoisotopic (exact) mass is 304 g/mol. The number of nitrogens with zero attached hydrogens (tertiary/aromatic N) is 1. The van der Waals surface area contributed by atoms with Gasteiger partial charge in [0.25, 0.3) is 16.4 Å². The SMILES string of the molecule is NS(=O)(=O)c1ncc(F)c(Br)c1C(F)F. The van der Waals surface area contributed by atoms with Crippen LogP contribution in [0.2, 0.25) is 0 Å². The lowest BCUT2D eigenvalue weighted by Crippen LogP contribution is -2.17. The van der Waals surface area contributed by atoms with E-state index in [4.69, 9.17) is 0 Å². The molecule has 2 N–H and O–H groups in total. The van der Waals surface area contributed by atoms with Crippen LogP contribution in [0.5, 0.6) is 0 Å². The van der Waals surface area contributed by atoms with E-state index in [0.29, 0.717) is 6.20 Å². The molecule has 0 bridgehead atoms. The van der Waals surface area contributed by atoms with E-state index in [1.807, 2.05) is 0 Å². The number of primary sulfonamides is 1. The van der Waals surface area contributed by atoms with E-state index in [1.165, 1.54) is 0 Å². The van der Waals surface area contributed by atoms with Gasteiger partial charge in [-0.1, -0.05) is 0 Å². The molecule has 0 aliphatic heterocycles. The van der Waals surface area contributed by atoms with E-state index in [2.05, 4.69) is 26.1 Å². The topological polar surface area (TPSA) is 73.1 Å². The first-order valence-corrected chi connectivity index (χ1v) is 5.74. The summed E-state index contributed by atoms with van der Waals surface area (Å²) in [6.07, 6.45) is -2.70. The predicted octanol–water partition coefficient (Wildman–Crippen LogP) is 1.57. The van der Waals surface area contributed by atoms with Crippen LogP contribution in [0.15, 0.2) is 15.7 Å². The summed E-state index contributed by atoms with van der Waals surface area (Å²) in [5, 5.41) is 3.61. The lowest BCUT2D eigenvalue weighted by atomic mass is 10.3. The fraction of sp³-hybridized carbons (Fsp3) is 0.167. The quantitative estimate of drug-likeness (QED) is 0.901. The average molecular weight is 305 g/mol. The molecule has 1 aromatic rings. The summed E-state index contributed by atoms with van der Waals surface area (Å²) in [5.41, 5.74) is -1.07. The summed E-state index contributed by atoms with van der Waals surface area (Å²) >= 11 is 2.51. The molecule has 9 heteroatoms. The molecular weight excluding hydrogens is 301 g/mol. The molecule has 0 saturated carbocycles. The standard InChI is InChI=1S/C6H4BrF3N2O2S/c7-4-2(8)1-12-6(15(11,13)14)3(4)5(9)10/h1,5H,(H2,11,13,14). The van der Waals surface area contributed by atoms with Gasteiger partial charge in [0.05, 0.1) is 16.2 Å². The molecule has 84 valence electrons. The fourth-order valence-corrected chi connectivity index (χ4v) is 2.17. The molecule has 15 heavy (non-hydrogen) atoms. The van der Waals surface area contributed by atoms with Crippen LogP contribution in [0.3, 0.4) is 0 Å². The molecule has 0 fully saturated rings. The van der Waals surface area contributed by atoms with Crippen LogP contribution >= 0.6 is 15.9 Å². The van der Waals surface area contributed by atoms with Crippen LogP contribution in [0, 0.1) is 5.82 Å². The number of hydrogen-bond donors (Lipinski definition) is 1. The number of hydrogen-bond acceptors (Lipinski definition) is 3. The van der Waals surface area contributed by atoms with Gasteiger partial charge in [0, 0.05) is 0 Å². The Balaban J connectivity index is 3.62. The molecule has 0 aromatic carbocycles. The van der Waals surface area contributed by atoms with E-state index in [9.17, 15) is 21.6 Å². The van der Waals surface area contributed by atoms with Crippen LogP contribution in [0.1, 0.15) is 12.0 Å². The molecule has 1 heterocycles. The highest BCUT2D eigenvalue weighted by molar-refractivity contribution is 9.10. The first-order valence-electron chi connectivity index (χ1n) is 3.40. The summed E-state index contributed by atoms with van der Waals surface area (Å²) in [6, 6.07) is 0. The zero-order chi connectivity index (χ0) is 11.8. The van der Waals surface area contributed by atoms with Gasteiger partial charge >= 0.3 is 0 Å². The molecule has 0 spiro atoms. The van der Waals surface area contributed by atoms with Crippen molar-refractivity contribution in [2.24, 2.45) is 5.14 Å². The third-order valence-electron chi connectivity index (χ3n) is 1.46.